The zero-order chi connectivity index (χ0) is 19.4. The van der Waals surface area contributed by atoms with Gasteiger partial charge < -0.3 is 20.1 Å². The van der Waals surface area contributed by atoms with Gasteiger partial charge in [-0.15, -0.1) is 0 Å². The summed E-state index contributed by atoms with van der Waals surface area (Å²) in [7, 11) is 3.73. The Morgan fingerprint density at radius 3 is 2.50 bits per heavy atom. The van der Waals surface area contributed by atoms with Crippen molar-refractivity contribution in [2.75, 3.05) is 27.9 Å². The van der Waals surface area contributed by atoms with Crippen LogP contribution in [0.15, 0.2) is 29.5 Å². The van der Waals surface area contributed by atoms with Crippen LogP contribution < -0.4 is 10.6 Å². The van der Waals surface area contributed by atoms with Crippen molar-refractivity contribution in [3.05, 3.63) is 46.7 Å². The van der Waals surface area contributed by atoms with Gasteiger partial charge in [-0.05, 0) is 17.7 Å². The van der Waals surface area contributed by atoms with Gasteiger partial charge in [0.25, 0.3) is 0 Å². The summed E-state index contributed by atoms with van der Waals surface area (Å²) >= 11 is 0. The maximum absolute atomic E-state index is 13.7. The van der Waals surface area contributed by atoms with E-state index in [2.05, 4.69) is 10.6 Å². The van der Waals surface area contributed by atoms with Crippen LogP contribution in [-0.4, -0.2) is 50.8 Å². The molecule has 1 aliphatic rings. The van der Waals surface area contributed by atoms with Crippen LogP contribution in [0.1, 0.15) is 11.6 Å². The Kier molecular flexibility index (Phi) is 5.88. The fourth-order valence-electron chi connectivity index (χ4n) is 2.60. The molecule has 2 rings (SSSR count). The minimum Gasteiger partial charge on any atom is -0.466 e. The molecular weight excluding hydrogens is 352 g/mol. The van der Waals surface area contributed by atoms with E-state index in [0.29, 0.717) is 4.90 Å². The molecule has 10 heteroatoms. The van der Waals surface area contributed by atoms with E-state index in [1.54, 1.807) is 0 Å². The molecule has 0 radical (unpaired) electrons. The summed E-state index contributed by atoms with van der Waals surface area (Å²) in [6, 6.07) is -0.234. The Bertz CT molecular complexity index is 781. The van der Waals surface area contributed by atoms with Crippen molar-refractivity contribution in [3.8, 4) is 0 Å². The van der Waals surface area contributed by atoms with Crippen LogP contribution in [-0.2, 0) is 14.3 Å². The quantitative estimate of drug-likeness (QED) is 0.783. The number of methoxy groups -OCH3 is 2. The van der Waals surface area contributed by atoms with Gasteiger partial charge >= 0.3 is 18.0 Å². The lowest BCUT2D eigenvalue weighted by atomic mass is 9.93. The fourth-order valence-corrected chi connectivity index (χ4v) is 2.60. The van der Waals surface area contributed by atoms with E-state index in [9.17, 15) is 23.2 Å². The average Bonchev–Trinajstić information content (AvgIpc) is 2.62. The van der Waals surface area contributed by atoms with Gasteiger partial charge in [0.05, 0.1) is 25.0 Å². The lowest BCUT2D eigenvalue weighted by Gasteiger charge is -2.36. The number of esters is 1. The molecule has 0 aliphatic carbocycles. The summed E-state index contributed by atoms with van der Waals surface area (Å²) < 4.78 is 36.8. The molecule has 0 spiro atoms. The molecule has 26 heavy (non-hydrogen) atoms. The van der Waals surface area contributed by atoms with Crippen LogP contribution >= 0.6 is 0 Å². The highest BCUT2D eigenvalue weighted by atomic mass is 19.2. The molecule has 1 atom stereocenters. The van der Waals surface area contributed by atoms with Crippen LogP contribution in [0.5, 0.6) is 0 Å². The Balaban J connectivity index is 2.73. The molecular formula is C16H17F2N3O5. The monoisotopic (exact) mass is 369 g/mol. The van der Waals surface area contributed by atoms with Crippen LogP contribution in [0.2, 0.25) is 0 Å². The molecule has 140 valence electrons. The molecule has 4 amide bonds. The number of rotatable bonds is 4. The smallest absolute Gasteiger partial charge is 0.338 e. The summed E-state index contributed by atoms with van der Waals surface area (Å²) in [5.74, 6) is -3.16. The van der Waals surface area contributed by atoms with Crippen molar-refractivity contribution in [2.24, 2.45) is 0 Å². The van der Waals surface area contributed by atoms with E-state index in [-0.39, 0.29) is 23.4 Å². The third kappa shape index (κ3) is 3.49. The molecule has 1 heterocycles. The van der Waals surface area contributed by atoms with Gasteiger partial charge in [-0.3, -0.25) is 0 Å². The molecule has 2 N–H and O–H groups in total. The second kappa shape index (κ2) is 7.91. The van der Waals surface area contributed by atoms with Crippen molar-refractivity contribution in [2.45, 2.75) is 6.04 Å². The van der Waals surface area contributed by atoms with E-state index >= 15 is 0 Å². The lowest BCUT2D eigenvalue weighted by molar-refractivity contribution is -0.137. The molecule has 1 aromatic carbocycles. The van der Waals surface area contributed by atoms with Gasteiger partial charge in [0.15, 0.2) is 11.6 Å². The topological polar surface area (TPSA) is 97.0 Å². The molecule has 1 aromatic rings. The third-order valence-corrected chi connectivity index (χ3v) is 3.72. The molecule has 8 nitrogen and oxygen atoms in total. The average molecular weight is 369 g/mol. The van der Waals surface area contributed by atoms with E-state index < -0.39 is 35.7 Å². The van der Waals surface area contributed by atoms with Gasteiger partial charge in [0.1, 0.15) is 6.04 Å². The van der Waals surface area contributed by atoms with E-state index in [1.807, 2.05) is 0 Å². The van der Waals surface area contributed by atoms with Gasteiger partial charge in [-0.1, -0.05) is 6.07 Å². The Hall–Kier alpha value is -3.01. The number of imide groups is 1. The molecule has 0 saturated heterocycles. The van der Waals surface area contributed by atoms with Crippen LogP contribution in [0.4, 0.5) is 18.4 Å². The van der Waals surface area contributed by atoms with Crippen molar-refractivity contribution in [1.82, 2.24) is 15.5 Å². The maximum Gasteiger partial charge on any atom is 0.338 e. The number of urea groups is 2. The third-order valence-electron chi connectivity index (χ3n) is 3.72. The maximum atomic E-state index is 13.7. The highest BCUT2D eigenvalue weighted by Crippen LogP contribution is 2.35. The molecule has 1 aliphatic heterocycles. The Morgan fingerprint density at radius 2 is 1.96 bits per heavy atom. The SMILES string of the molecule is CNC(=O)N1C(=O)NC(COC)=C(C(=O)OC)[C@@H]1c1ccc(F)c(F)c1. The zero-order valence-corrected chi connectivity index (χ0v) is 14.3. The van der Waals surface area contributed by atoms with Crippen LogP contribution in [0, 0.1) is 11.6 Å². The predicted molar refractivity (Wildman–Crippen MR) is 84.8 cm³/mol. The first-order chi connectivity index (χ1) is 12.3. The fraction of sp³-hybridized carbons (Fsp3) is 0.312. The largest absolute Gasteiger partial charge is 0.466 e. The highest BCUT2D eigenvalue weighted by Gasteiger charge is 2.42. The van der Waals surface area contributed by atoms with Crippen molar-refractivity contribution >= 4 is 18.0 Å². The number of nitrogens with one attached hydrogen (secondary N) is 2. The van der Waals surface area contributed by atoms with Crippen LogP contribution in [0.3, 0.4) is 0 Å². The minimum absolute atomic E-state index is 0.0105. The zero-order valence-electron chi connectivity index (χ0n) is 14.3. The second-order valence-electron chi connectivity index (χ2n) is 5.25. The first kappa shape index (κ1) is 19.3. The molecule has 0 saturated carbocycles. The summed E-state index contributed by atoms with van der Waals surface area (Å²) in [6.07, 6.45) is 0. The summed E-state index contributed by atoms with van der Waals surface area (Å²) in [5.41, 5.74) is -0.0702. The number of benzene rings is 1. The van der Waals surface area contributed by atoms with Crippen LogP contribution in [0.25, 0.3) is 0 Å². The number of hydrogen-bond donors (Lipinski definition) is 2. The lowest BCUT2D eigenvalue weighted by Crippen LogP contribution is -2.54. The van der Waals surface area contributed by atoms with E-state index in [1.165, 1.54) is 20.2 Å². The molecule has 0 unspecified atom stereocenters. The molecule has 0 aromatic heterocycles. The number of hydrogen-bond acceptors (Lipinski definition) is 5. The van der Waals surface area contributed by atoms with E-state index in [0.717, 1.165) is 19.2 Å². The normalized spacial score (nSPS) is 17.0. The Labute approximate surface area is 147 Å². The van der Waals surface area contributed by atoms with Crippen molar-refractivity contribution < 1.29 is 32.6 Å². The number of amides is 4. The van der Waals surface area contributed by atoms with Gasteiger partial charge in [0, 0.05) is 14.2 Å². The summed E-state index contributed by atoms with van der Waals surface area (Å²) in [5, 5.41) is 4.65. The van der Waals surface area contributed by atoms with Crippen molar-refractivity contribution in [1.29, 1.82) is 0 Å². The minimum atomic E-state index is -1.34. The Morgan fingerprint density at radius 1 is 1.27 bits per heavy atom. The number of ether oxygens (including phenoxy) is 2. The number of halogens is 2. The van der Waals surface area contributed by atoms with Gasteiger partial charge in [0.2, 0.25) is 0 Å². The second-order valence-corrected chi connectivity index (χ2v) is 5.25. The molecule has 0 bridgehead atoms. The summed E-state index contributed by atoms with van der Waals surface area (Å²) in [6.45, 7) is -0.169. The number of nitrogens with zero attached hydrogens (tertiary/aromatic N) is 1. The van der Waals surface area contributed by atoms with E-state index in [4.69, 9.17) is 9.47 Å². The summed E-state index contributed by atoms with van der Waals surface area (Å²) in [4.78, 5) is 37.6. The van der Waals surface area contributed by atoms with Gasteiger partial charge in [-0.25, -0.2) is 28.1 Å². The predicted octanol–water partition coefficient (Wildman–Crippen LogP) is 1.44. The van der Waals surface area contributed by atoms with Crippen molar-refractivity contribution in [3.63, 3.8) is 0 Å². The number of carbonyl (C=O) groups excluding carboxylic acids is 3. The highest BCUT2D eigenvalue weighted by molar-refractivity contribution is 6.01. The first-order valence-corrected chi connectivity index (χ1v) is 7.42. The van der Waals surface area contributed by atoms with Gasteiger partial charge in [-0.2, -0.15) is 0 Å². The number of carbonyl (C=O) groups is 3. The first-order valence-electron chi connectivity index (χ1n) is 7.42. The molecule has 0 fully saturated rings. The standard InChI is InChI=1S/C16H17F2N3O5/c1-19-15(23)21-13(8-4-5-9(17)10(18)6-8)12(14(22)26-3)11(7-25-2)20-16(21)24/h4-6,13H,7H2,1-3H3,(H,19,23)(H,20,24)/t13-/m0/s1.